The molecule has 7 heteroatoms. The number of carbonyl (C=O) groups excluding carboxylic acids is 3. The van der Waals surface area contributed by atoms with Crippen molar-refractivity contribution in [2.24, 2.45) is 16.9 Å². The molecule has 0 aromatic heterocycles. The zero-order chi connectivity index (χ0) is 20.3. The molecule has 3 heterocycles. The first-order valence-corrected chi connectivity index (χ1v) is 9.59. The van der Waals surface area contributed by atoms with Crippen molar-refractivity contribution in [1.82, 2.24) is 9.91 Å². The van der Waals surface area contributed by atoms with E-state index in [0.717, 1.165) is 11.1 Å². The van der Waals surface area contributed by atoms with Crippen LogP contribution in [0.1, 0.15) is 34.5 Å². The van der Waals surface area contributed by atoms with Gasteiger partial charge in [0.15, 0.2) is 5.78 Å². The van der Waals surface area contributed by atoms with Crippen LogP contribution in [0.25, 0.3) is 0 Å². The number of likely N-dealkylation sites (tertiary alicyclic amines) is 1. The van der Waals surface area contributed by atoms with Crippen LogP contribution in [0.5, 0.6) is 0 Å². The van der Waals surface area contributed by atoms with Crippen molar-refractivity contribution in [3.05, 3.63) is 71.0 Å². The van der Waals surface area contributed by atoms with Crippen LogP contribution in [0, 0.1) is 17.7 Å². The molecule has 3 aliphatic heterocycles. The van der Waals surface area contributed by atoms with Gasteiger partial charge >= 0.3 is 0 Å². The number of amides is 2. The fourth-order valence-corrected chi connectivity index (χ4v) is 4.83. The summed E-state index contributed by atoms with van der Waals surface area (Å²) >= 11 is 0. The van der Waals surface area contributed by atoms with Crippen molar-refractivity contribution in [2.45, 2.75) is 19.0 Å². The van der Waals surface area contributed by atoms with E-state index in [2.05, 4.69) is 5.10 Å². The molecule has 5 rings (SSSR count). The van der Waals surface area contributed by atoms with Crippen molar-refractivity contribution < 1.29 is 18.8 Å². The van der Waals surface area contributed by atoms with Crippen LogP contribution in [0.15, 0.2) is 53.6 Å². The summed E-state index contributed by atoms with van der Waals surface area (Å²) < 4.78 is 13.3. The minimum atomic E-state index is -0.909. The van der Waals surface area contributed by atoms with Gasteiger partial charge in [0.2, 0.25) is 11.8 Å². The first-order chi connectivity index (χ1) is 14.0. The van der Waals surface area contributed by atoms with Gasteiger partial charge in [-0.25, -0.2) is 4.39 Å². The number of hydrogen-bond donors (Lipinski definition) is 0. The first-order valence-electron chi connectivity index (χ1n) is 9.59. The average Bonchev–Trinajstić information content (AvgIpc) is 3.21. The van der Waals surface area contributed by atoms with Gasteiger partial charge in [-0.3, -0.25) is 24.3 Å². The summed E-state index contributed by atoms with van der Waals surface area (Å²) in [5.74, 6) is -2.87. The first kappa shape index (κ1) is 17.7. The van der Waals surface area contributed by atoms with Crippen LogP contribution in [-0.4, -0.2) is 46.3 Å². The van der Waals surface area contributed by atoms with E-state index in [9.17, 15) is 18.8 Å². The fraction of sp³-hybridized carbons (Fsp3) is 0.273. The quantitative estimate of drug-likeness (QED) is 0.595. The van der Waals surface area contributed by atoms with Gasteiger partial charge in [0.1, 0.15) is 11.9 Å². The van der Waals surface area contributed by atoms with Crippen LogP contribution in [-0.2, 0) is 9.59 Å². The van der Waals surface area contributed by atoms with Crippen molar-refractivity contribution in [1.29, 1.82) is 0 Å². The number of carbonyl (C=O) groups is 3. The molecule has 0 N–H and O–H groups in total. The van der Waals surface area contributed by atoms with E-state index in [1.807, 2.05) is 24.3 Å². The van der Waals surface area contributed by atoms with Crippen LogP contribution in [0.2, 0.25) is 0 Å². The normalized spacial score (nSPS) is 27.1. The van der Waals surface area contributed by atoms with E-state index >= 15 is 0 Å². The molecule has 0 aliphatic carbocycles. The van der Waals surface area contributed by atoms with E-state index in [1.165, 1.54) is 29.2 Å². The maximum atomic E-state index is 13.4. The van der Waals surface area contributed by atoms with Crippen molar-refractivity contribution >= 4 is 23.8 Å². The smallest absolute Gasteiger partial charge is 0.235 e. The summed E-state index contributed by atoms with van der Waals surface area (Å²) in [5.41, 5.74) is 2.05. The summed E-state index contributed by atoms with van der Waals surface area (Å²) in [6, 6.07) is 11.4. The largest absolute Gasteiger partial charge is 0.292 e. The monoisotopic (exact) mass is 391 g/mol. The molecule has 3 aliphatic rings. The molecular weight excluding hydrogens is 373 g/mol. The molecule has 2 aromatic rings. The standard InChI is InChI=1S/C22H18FN3O3/c1-2-25-21(28)16-17(22(25)29)19(20(27)12-7-9-14(23)10-8-12)26-18(16)15-6-4-3-5-13(15)11-24-26/h3-11,16-19H,2H2,1H3/t16-,17+,18-,19+/m0/s1. The summed E-state index contributed by atoms with van der Waals surface area (Å²) in [6.07, 6.45) is 1.66. The van der Waals surface area contributed by atoms with Crippen LogP contribution in [0.4, 0.5) is 4.39 Å². The third-order valence-corrected chi connectivity index (χ3v) is 6.10. The van der Waals surface area contributed by atoms with Gasteiger partial charge in [0, 0.05) is 12.1 Å². The van der Waals surface area contributed by atoms with Gasteiger partial charge in [-0.15, -0.1) is 0 Å². The number of hydrazone groups is 1. The highest BCUT2D eigenvalue weighted by atomic mass is 19.1. The Hall–Kier alpha value is -3.35. The summed E-state index contributed by atoms with van der Waals surface area (Å²) in [7, 11) is 0. The van der Waals surface area contributed by atoms with Crippen LogP contribution in [0.3, 0.4) is 0 Å². The second-order valence-electron chi connectivity index (χ2n) is 7.49. The number of benzene rings is 2. The van der Waals surface area contributed by atoms with Crippen LogP contribution >= 0.6 is 0 Å². The third-order valence-electron chi connectivity index (χ3n) is 6.10. The summed E-state index contributed by atoms with van der Waals surface area (Å²) in [5, 5.41) is 6.07. The molecule has 146 valence electrons. The molecule has 2 fully saturated rings. The SMILES string of the molecule is CCN1C(=O)[C@@H]2[C@H](C1=O)[C@@H]1c3ccccc3C=NN1[C@H]2C(=O)c1ccc(F)cc1. The molecule has 6 nitrogen and oxygen atoms in total. The highest BCUT2D eigenvalue weighted by Gasteiger charge is 2.64. The predicted octanol–water partition coefficient (Wildman–Crippen LogP) is 2.40. The minimum Gasteiger partial charge on any atom is -0.292 e. The molecule has 0 unspecified atom stereocenters. The average molecular weight is 391 g/mol. The lowest BCUT2D eigenvalue weighted by Gasteiger charge is -2.33. The lowest BCUT2D eigenvalue weighted by atomic mass is 9.83. The van der Waals surface area contributed by atoms with E-state index in [1.54, 1.807) is 18.1 Å². The van der Waals surface area contributed by atoms with Gasteiger partial charge in [-0.05, 0) is 42.3 Å². The summed E-state index contributed by atoms with van der Waals surface area (Å²) in [6.45, 7) is 2.01. The second-order valence-corrected chi connectivity index (χ2v) is 7.49. The van der Waals surface area contributed by atoms with Crippen molar-refractivity contribution in [3.63, 3.8) is 0 Å². The van der Waals surface area contributed by atoms with Crippen LogP contribution < -0.4 is 0 Å². The Bertz CT molecular complexity index is 1070. The Morgan fingerprint density at radius 2 is 1.72 bits per heavy atom. The zero-order valence-corrected chi connectivity index (χ0v) is 15.7. The molecule has 0 spiro atoms. The van der Waals surface area contributed by atoms with Gasteiger partial charge in [-0.1, -0.05) is 24.3 Å². The lowest BCUT2D eigenvalue weighted by molar-refractivity contribution is -0.141. The molecule has 0 radical (unpaired) electrons. The highest BCUT2D eigenvalue weighted by Crippen LogP contribution is 2.52. The van der Waals surface area contributed by atoms with Gasteiger partial charge in [-0.2, -0.15) is 5.10 Å². The van der Waals surface area contributed by atoms with Gasteiger partial charge in [0.25, 0.3) is 0 Å². The highest BCUT2D eigenvalue weighted by molar-refractivity contribution is 6.12. The van der Waals surface area contributed by atoms with Crippen molar-refractivity contribution in [2.75, 3.05) is 6.54 Å². The number of imide groups is 1. The van der Waals surface area contributed by atoms with Gasteiger partial charge < -0.3 is 0 Å². The number of rotatable bonds is 3. The van der Waals surface area contributed by atoms with E-state index in [0.29, 0.717) is 5.56 Å². The Morgan fingerprint density at radius 3 is 2.45 bits per heavy atom. The van der Waals surface area contributed by atoms with E-state index in [-0.39, 0.29) is 24.1 Å². The maximum absolute atomic E-state index is 13.4. The van der Waals surface area contributed by atoms with Gasteiger partial charge in [0.05, 0.1) is 24.1 Å². The number of ketones is 1. The topological polar surface area (TPSA) is 70.1 Å². The van der Waals surface area contributed by atoms with E-state index < -0.39 is 29.7 Å². The lowest BCUT2D eigenvalue weighted by Crippen LogP contribution is -2.44. The summed E-state index contributed by atoms with van der Waals surface area (Å²) in [4.78, 5) is 40.8. The van der Waals surface area contributed by atoms with E-state index in [4.69, 9.17) is 0 Å². The van der Waals surface area contributed by atoms with Crippen molar-refractivity contribution in [3.8, 4) is 0 Å². The molecule has 2 saturated heterocycles. The molecule has 4 atom stereocenters. The number of Topliss-reactive ketones (excluding diaryl/α,β-unsaturated/α-hetero) is 1. The Morgan fingerprint density at radius 1 is 1.03 bits per heavy atom. The molecule has 0 saturated carbocycles. The Balaban J connectivity index is 1.65. The molecule has 2 aromatic carbocycles. The minimum absolute atomic E-state index is 0.264. The number of hydrogen-bond acceptors (Lipinski definition) is 5. The Kier molecular flexibility index (Phi) is 3.87. The number of halogens is 1. The zero-order valence-electron chi connectivity index (χ0n) is 15.7. The number of nitrogens with zero attached hydrogens (tertiary/aromatic N) is 3. The fourth-order valence-electron chi connectivity index (χ4n) is 4.83. The maximum Gasteiger partial charge on any atom is 0.235 e. The Labute approximate surface area is 166 Å². The molecule has 0 bridgehead atoms. The third kappa shape index (κ3) is 2.40. The molecular formula is C22H18FN3O3. The predicted molar refractivity (Wildman–Crippen MR) is 103 cm³/mol. The molecule has 29 heavy (non-hydrogen) atoms. The number of fused-ring (bicyclic) bond motifs is 5. The molecule has 2 amide bonds. The second kappa shape index (κ2) is 6.34.